The largest absolute Gasteiger partial charge is 0.323 e. The number of hydrogen-bond donors (Lipinski definition) is 2. The van der Waals surface area contributed by atoms with Gasteiger partial charge in [0, 0.05) is 5.39 Å². The van der Waals surface area contributed by atoms with Gasteiger partial charge in [0.15, 0.2) is 0 Å². The fourth-order valence-corrected chi connectivity index (χ4v) is 1.75. The third kappa shape index (κ3) is 3.09. The first kappa shape index (κ1) is 13.5. The second-order valence-corrected chi connectivity index (χ2v) is 5.75. The number of amides is 1. The van der Waals surface area contributed by atoms with E-state index in [2.05, 4.69) is 10.3 Å². The lowest BCUT2D eigenvalue weighted by molar-refractivity contribution is -0.119. The molecule has 0 unspecified atom stereocenters. The van der Waals surface area contributed by atoms with Crippen LogP contribution in [0.15, 0.2) is 36.5 Å². The van der Waals surface area contributed by atoms with Gasteiger partial charge in [-0.3, -0.25) is 9.78 Å². The first-order chi connectivity index (χ1) is 8.88. The van der Waals surface area contributed by atoms with Gasteiger partial charge in [0.2, 0.25) is 5.91 Å². The molecule has 0 saturated carbocycles. The SMILES string of the molecule is CC(C)(C)[C@H](N)C(=O)Nc1cnc2ccccc2c1. The van der Waals surface area contributed by atoms with Gasteiger partial charge in [-0.05, 0) is 17.5 Å². The van der Waals surface area contributed by atoms with Gasteiger partial charge in [-0.1, -0.05) is 39.0 Å². The molecule has 1 atom stereocenters. The molecule has 1 aromatic heterocycles. The van der Waals surface area contributed by atoms with Crippen LogP contribution in [0.1, 0.15) is 20.8 Å². The zero-order chi connectivity index (χ0) is 14.0. The number of rotatable bonds is 2. The Kier molecular flexibility index (Phi) is 3.53. The molecule has 0 spiro atoms. The lowest BCUT2D eigenvalue weighted by Crippen LogP contribution is -2.45. The molecule has 1 amide bonds. The number of para-hydroxylation sites is 1. The van der Waals surface area contributed by atoms with Crippen molar-refractivity contribution in [2.24, 2.45) is 11.1 Å². The number of aromatic nitrogens is 1. The van der Waals surface area contributed by atoms with Crippen molar-refractivity contribution in [3.05, 3.63) is 36.5 Å². The molecule has 2 rings (SSSR count). The number of nitrogens with one attached hydrogen (secondary N) is 1. The summed E-state index contributed by atoms with van der Waals surface area (Å²) in [4.78, 5) is 16.3. The molecule has 1 heterocycles. The molecule has 100 valence electrons. The fraction of sp³-hybridized carbons (Fsp3) is 0.333. The van der Waals surface area contributed by atoms with Gasteiger partial charge in [-0.2, -0.15) is 0 Å². The van der Waals surface area contributed by atoms with Crippen molar-refractivity contribution >= 4 is 22.5 Å². The number of nitrogens with two attached hydrogens (primary N) is 1. The maximum absolute atomic E-state index is 12.0. The highest BCUT2D eigenvalue weighted by Gasteiger charge is 2.27. The van der Waals surface area contributed by atoms with Crippen molar-refractivity contribution in [2.45, 2.75) is 26.8 Å². The summed E-state index contributed by atoms with van der Waals surface area (Å²) in [6, 6.07) is 9.11. The Morgan fingerprint density at radius 3 is 2.68 bits per heavy atom. The summed E-state index contributed by atoms with van der Waals surface area (Å²) in [7, 11) is 0. The molecular weight excluding hydrogens is 238 g/mol. The summed E-state index contributed by atoms with van der Waals surface area (Å²) in [6.45, 7) is 5.82. The van der Waals surface area contributed by atoms with E-state index in [0.717, 1.165) is 10.9 Å². The Hall–Kier alpha value is -1.94. The molecule has 0 fully saturated rings. The van der Waals surface area contributed by atoms with Crippen LogP contribution in [-0.4, -0.2) is 16.9 Å². The third-order valence-corrected chi connectivity index (χ3v) is 3.07. The monoisotopic (exact) mass is 257 g/mol. The van der Waals surface area contributed by atoms with E-state index >= 15 is 0 Å². The number of benzene rings is 1. The molecule has 0 saturated heterocycles. The second kappa shape index (κ2) is 4.97. The number of nitrogens with zero attached hydrogens (tertiary/aromatic N) is 1. The lowest BCUT2D eigenvalue weighted by Gasteiger charge is -2.25. The van der Waals surface area contributed by atoms with Gasteiger partial charge in [-0.25, -0.2) is 0 Å². The van der Waals surface area contributed by atoms with Crippen LogP contribution in [0.25, 0.3) is 10.9 Å². The fourth-order valence-electron chi connectivity index (χ4n) is 1.75. The first-order valence-electron chi connectivity index (χ1n) is 6.29. The molecule has 4 heteroatoms. The first-order valence-corrected chi connectivity index (χ1v) is 6.29. The predicted molar refractivity (Wildman–Crippen MR) is 77.8 cm³/mol. The summed E-state index contributed by atoms with van der Waals surface area (Å²) >= 11 is 0. The minimum atomic E-state index is -0.557. The minimum Gasteiger partial charge on any atom is -0.323 e. The lowest BCUT2D eigenvalue weighted by atomic mass is 9.87. The molecule has 0 aliphatic carbocycles. The molecule has 0 aliphatic heterocycles. The molecule has 19 heavy (non-hydrogen) atoms. The maximum Gasteiger partial charge on any atom is 0.241 e. The van der Waals surface area contributed by atoms with E-state index in [1.54, 1.807) is 6.20 Å². The molecule has 0 aliphatic rings. The van der Waals surface area contributed by atoms with E-state index in [4.69, 9.17) is 5.73 Å². The van der Waals surface area contributed by atoms with Gasteiger partial charge in [0.25, 0.3) is 0 Å². The van der Waals surface area contributed by atoms with Crippen LogP contribution in [0.2, 0.25) is 0 Å². The zero-order valence-electron chi connectivity index (χ0n) is 11.5. The number of pyridine rings is 1. The summed E-state index contributed by atoms with van der Waals surface area (Å²) in [5, 5.41) is 3.80. The number of fused-ring (bicyclic) bond motifs is 1. The van der Waals surface area contributed by atoms with Crippen molar-refractivity contribution in [1.82, 2.24) is 4.98 Å². The van der Waals surface area contributed by atoms with E-state index in [9.17, 15) is 4.79 Å². The number of carbonyl (C=O) groups excluding carboxylic acids is 1. The average molecular weight is 257 g/mol. The van der Waals surface area contributed by atoms with Crippen LogP contribution in [0.4, 0.5) is 5.69 Å². The van der Waals surface area contributed by atoms with Crippen LogP contribution in [0.5, 0.6) is 0 Å². The van der Waals surface area contributed by atoms with Gasteiger partial charge < -0.3 is 11.1 Å². The Balaban J connectivity index is 2.20. The standard InChI is InChI=1S/C15H19N3O/c1-15(2,3)13(16)14(19)18-11-8-10-6-4-5-7-12(10)17-9-11/h4-9,13H,16H2,1-3H3,(H,18,19)/t13-/m1/s1. The molecule has 1 aromatic carbocycles. The minimum absolute atomic E-state index is 0.190. The summed E-state index contributed by atoms with van der Waals surface area (Å²) in [6.07, 6.45) is 1.65. The van der Waals surface area contributed by atoms with Crippen molar-refractivity contribution in [3.8, 4) is 0 Å². The molecule has 4 nitrogen and oxygen atoms in total. The Labute approximate surface area is 113 Å². The number of carbonyl (C=O) groups is 1. The zero-order valence-corrected chi connectivity index (χ0v) is 11.5. The van der Waals surface area contributed by atoms with Crippen molar-refractivity contribution in [1.29, 1.82) is 0 Å². The number of hydrogen-bond acceptors (Lipinski definition) is 3. The van der Waals surface area contributed by atoms with Gasteiger partial charge in [-0.15, -0.1) is 0 Å². The van der Waals surface area contributed by atoms with E-state index < -0.39 is 6.04 Å². The molecular formula is C15H19N3O. The van der Waals surface area contributed by atoms with Crippen LogP contribution in [0, 0.1) is 5.41 Å². The van der Waals surface area contributed by atoms with Crippen LogP contribution in [-0.2, 0) is 4.79 Å². The topological polar surface area (TPSA) is 68.0 Å². The van der Waals surface area contributed by atoms with E-state index in [-0.39, 0.29) is 11.3 Å². The van der Waals surface area contributed by atoms with Crippen molar-refractivity contribution in [3.63, 3.8) is 0 Å². The Morgan fingerprint density at radius 2 is 2.00 bits per heavy atom. The summed E-state index contributed by atoms with van der Waals surface area (Å²) in [5.41, 5.74) is 7.23. The summed E-state index contributed by atoms with van der Waals surface area (Å²) in [5.74, 6) is -0.190. The average Bonchev–Trinajstić information content (AvgIpc) is 2.36. The van der Waals surface area contributed by atoms with Crippen molar-refractivity contribution in [2.75, 3.05) is 5.32 Å². The van der Waals surface area contributed by atoms with E-state index in [1.807, 2.05) is 51.1 Å². The highest BCUT2D eigenvalue weighted by Crippen LogP contribution is 2.20. The van der Waals surface area contributed by atoms with E-state index in [1.165, 1.54) is 0 Å². The van der Waals surface area contributed by atoms with Crippen LogP contribution in [0.3, 0.4) is 0 Å². The maximum atomic E-state index is 12.0. The normalized spacial score (nSPS) is 13.3. The smallest absolute Gasteiger partial charge is 0.241 e. The predicted octanol–water partition coefficient (Wildman–Crippen LogP) is 2.55. The Bertz CT molecular complexity index is 602. The Morgan fingerprint density at radius 1 is 1.32 bits per heavy atom. The van der Waals surface area contributed by atoms with Crippen molar-refractivity contribution < 1.29 is 4.79 Å². The van der Waals surface area contributed by atoms with Crippen LogP contribution >= 0.6 is 0 Å². The van der Waals surface area contributed by atoms with Gasteiger partial charge in [0.05, 0.1) is 23.4 Å². The highest BCUT2D eigenvalue weighted by molar-refractivity contribution is 5.96. The van der Waals surface area contributed by atoms with Crippen LogP contribution < -0.4 is 11.1 Å². The molecule has 2 aromatic rings. The summed E-state index contributed by atoms with van der Waals surface area (Å²) < 4.78 is 0. The molecule has 3 N–H and O–H groups in total. The second-order valence-electron chi connectivity index (χ2n) is 5.75. The van der Waals surface area contributed by atoms with Gasteiger partial charge in [0.1, 0.15) is 0 Å². The van der Waals surface area contributed by atoms with Gasteiger partial charge >= 0.3 is 0 Å². The highest BCUT2D eigenvalue weighted by atomic mass is 16.2. The molecule has 0 radical (unpaired) electrons. The quantitative estimate of drug-likeness (QED) is 0.868. The number of anilines is 1. The third-order valence-electron chi connectivity index (χ3n) is 3.07. The molecule has 0 bridgehead atoms. The van der Waals surface area contributed by atoms with E-state index in [0.29, 0.717) is 5.69 Å².